The standard InChI is InChI=1S/C14H23NO2/c1-4-14(2,11-16)10-15-13-8-6-5-7-12(13)9-17-3/h5-8,15-16H,4,9-11H2,1-3H3. The maximum Gasteiger partial charge on any atom is 0.0733 e. The third-order valence-corrected chi connectivity index (χ3v) is 3.26. The van der Waals surface area contributed by atoms with Gasteiger partial charge in [-0.3, -0.25) is 0 Å². The van der Waals surface area contributed by atoms with Gasteiger partial charge in [0, 0.05) is 30.3 Å². The SMILES string of the molecule is CCC(C)(CO)CNc1ccccc1COC. The number of aliphatic hydroxyl groups excluding tert-OH is 1. The molecule has 0 fully saturated rings. The quantitative estimate of drug-likeness (QED) is 0.766. The first-order valence-electron chi connectivity index (χ1n) is 6.07. The molecule has 0 spiro atoms. The second kappa shape index (κ2) is 6.62. The first-order valence-corrected chi connectivity index (χ1v) is 6.07. The molecule has 2 N–H and O–H groups in total. The number of rotatable bonds is 7. The Balaban J connectivity index is 2.68. The molecule has 0 saturated carbocycles. The van der Waals surface area contributed by atoms with Crippen LogP contribution in [0.2, 0.25) is 0 Å². The van der Waals surface area contributed by atoms with Gasteiger partial charge in [0.05, 0.1) is 13.2 Å². The lowest BCUT2D eigenvalue weighted by molar-refractivity contribution is 0.149. The summed E-state index contributed by atoms with van der Waals surface area (Å²) < 4.78 is 5.16. The van der Waals surface area contributed by atoms with Crippen molar-refractivity contribution in [3.05, 3.63) is 29.8 Å². The number of ether oxygens (including phenoxy) is 1. The van der Waals surface area contributed by atoms with E-state index in [-0.39, 0.29) is 12.0 Å². The topological polar surface area (TPSA) is 41.5 Å². The summed E-state index contributed by atoms with van der Waals surface area (Å²) in [7, 11) is 1.70. The number of methoxy groups -OCH3 is 1. The molecule has 1 aromatic rings. The Hall–Kier alpha value is -1.06. The van der Waals surface area contributed by atoms with Crippen LogP contribution >= 0.6 is 0 Å². The lowest BCUT2D eigenvalue weighted by Crippen LogP contribution is -2.29. The molecule has 3 heteroatoms. The van der Waals surface area contributed by atoms with Gasteiger partial charge in [0.1, 0.15) is 0 Å². The fraction of sp³-hybridized carbons (Fsp3) is 0.571. The molecule has 1 rings (SSSR count). The van der Waals surface area contributed by atoms with Gasteiger partial charge in [0.15, 0.2) is 0 Å². The molecule has 3 nitrogen and oxygen atoms in total. The second-order valence-corrected chi connectivity index (χ2v) is 4.77. The third kappa shape index (κ3) is 4.02. The van der Waals surface area contributed by atoms with Gasteiger partial charge < -0.3 is 15.2 Å². The van der Waals surface area contributed by atoms with Gasteiger partial charge in [0.25, 0.3) is 0 Å². The molecule has 0 radical (unpaired) electrons. The molecule has 0 bridgehead atoms. The Labute approximate surface area is 104 Å². The minimum absolute atomic E-state index is 0.0693. The number of aliphatic hydroxyl groups is 1. The molecule has 1 atom stereocenters. The molecule has 1 aromatic carbocycles. The van der Waals surface area contributed by atoms with Crippen LogP contribution in [0.15, 0.2) is 24.3 Å². The zero-order valence-electron chi connectivity index (χ0n) is 11.0. The number of para-hydroxylation sites is 1. The van der Waals surface area contributed by atoms with Crippen molar-refractivity contribution < 1.29 is 9.84 Å². The van der Waals surface area contributed by atoms with Gasteiger partial charge in [-0.05, 0) is 12.5 Å². The largest absolute Gasteiger partial charge is 0.396 e. The zero-order valence-corrected chi connectivity index (χ0v) is 11.0. The summed E-state index contributed by atoms with van der Waals surface area (Å²) in [6.07, 6.45) is 0.947. The van der Waals surface area contributed by atoms with Crippen LogP contribution in [-0.4, -0.2) is 25.4 Å². The highest BCUT2D eigenvalue weighted by atomic mass is 16.5. The van der Waals surface area contributed by atoms with E-state index in [0.29, 0.717) is 6.61 Å². The van der Waals surface area contributed by atoms with Gasteiger partial charge in [0.2, 0.25) is 0 Å². The number of hydrogen-bond acceptors (Lipinski definition) is 3. The van der Waals surface area contributed by atoms with Gasteiger partial charge in [-0.25, -0.2) is 0 Å². The van der Waals surface area contributed by atoms with E-state index >= 15 is 0 Å². The summed E-state index contributed by atoms with van der Waals surface area (Å²) in [4.78, 5) is 0. The summed E-state index contributed by atoms with van der Waals surface area (Å²) in [5, 5.41) is 12.8. The van der Waals surface area contributed by atoms with Crippen molar-refractivity contribution in [2.24, 2.45) is 5.41 Å². The summed E-state index contributed by atoms with van der Waals surface area (Å²) in [6, 6.07) is 8.10. The average molecular weight is 237 g/mol. The van der Waals surface area contributed by atoms with E-state index in [9.17, 15) is 5.11 Å². The van der Waals surface area contributed by atoms with Crippen molar-refractivity contribution >= 4 is 5.69 Å². The van der Waals surface area contributed by atoms with E-state index in [4.69, 9.17) is 4.74 Å². The fourth-order valence-electron chi connectivity index (χ4n) is 1.58. The highest BCUT2D eigenvalue weighted by Gasteiger charge is 2.20. The zero-order chi connectivity index (χ0) is 12.7. The van der Waals surface area contributed by atoms with Gasteiger partial charge >= 0.3 is 0 Å². The normalized spacial score (nSPS) is 14.4. The summed E-state index contributed by atoms with van der Waals surface area (Å²) >= 11 is 0. The van der Waals surface area contributed by atoms with Crippen LogP contribution in [0.3, 0.4) is 0 Å². The first kappa shape index (κ1) is 14.0. The first-order chi connectivity index (χ1) is 8.15. The number of nitrogens with one attached hydrogen (secondary N) is 1. The van der Waals surface area contributed by atoms with Crippen LogP contribution in [0.5, 0.6) is 0 Å². The van der Waals surface area contributed by atoms with Crippen LogP contribution in [0, 0.1) is 5.41 Å². The molecule has 0 aromatic heterocycles. The fourth-order valence-corrected chi connectivity index (χ4v) is 1.58. The van der Waals surface area contributed by atoms with Gasteiger partial charge in [-0.15, -0.1) is 0 Å². The molecular formula is C14H23NO2. The lowest BCUT2D eigenvalue weighted by Gasteiger charge is -2.27. The van der Waals surface area contributed by atoms with E-state index in [1.54, 1.807) is 7.11 Å². The number of hydrogen-bond donors (Lipinski definition) is 2. The molecular weight excluding hydrogens is 214 g/mol. The summed E-state index contributed by atoms with van der Waals surface area (Å²) in [5.74, 6) is 0. The Morgan fingerprint density at radius 1 is 1.35 bits per heavy atom. The molecule has 0 saturated heterocycles. The molecule has 0 aliphatic carbocycles. The van der Waals surface area contributed by atoms with Gasteiger partial charge in [-0.1, -0.05) is 32.0 Å². The lowest BCUT2D eigenvalue weighted by atomic mass is 9.88. The predicted octanol–water partition coefficient (Wildman–Crippen LogP) is 2.65. The molecule has 17 heavy (non-hydrogen) atoms. The monoisotopic (exact) mass is 237 g/mol. The van der Waals surface area contributed by atoms with Crippen LogP contribution in [0.25, 0.3) is 0 Å². The molecule has 0 aliphatic heterocycles. The Bertz CT molecular complexity index is 335. The predicted molar refractivity (Wildman–Crippen MR) is 71.1 cm³/mol. The van der Waals surface area contributed by atoms with Crippen LogP contribution in [0.1, 0.15) is 25.8 Å². The maximum atomic E-state index is 9.37. The van der Waals surface area contributed by atoms with Crippen molar-refractivity contribution in [2.45, 2.75) is 26.9 Å². The van der Waals surface area contributed by atoms with Crippen LogP contribution in [0.4, 0.5) is 5.69 Å². The van der Waals surface area contributed by atoms with Crippen molar-refractivity contribution in [3.8, 4) is 0 Å². The molecule has 96 valence electrons. The summed E-state index contributed by atoms with van der Waals surface area (Å²) in [5.41, 5.74) is 2.16. The highest BCUT2D eigenvalue weighted by molar-refractivity contribution is 5.50. The van der Waals surface area contributed by atoms with E-state index in [1.807, 2.05) is 24.3 Å². The molecule has 0 aliphatic rings. The number of benzene rings is 1. The van der Waals surface area contributed by atoms with Crippen molar-refractivity contribution in [1.29, 1.82) is 0 Å². The molecule has 1 unspecified atom stereocenters. The Kier molecular flexibility index (Phi) is 5.45. The van der Waals surface area contributed by atoms with Gasteiger partial charge in [-0.2, -0.15) is 0 Å². The van der Waals surface area contributed by atoms with Crippen molar-refractivity contribution in [1.82, 2.24) is 0 Å². The minimum atomic E-state index is -0.0693. The van der Waals surface area contributed by atoms with Crippen molar-refractivity contribution in [3.63, 3.8) is 0 Å². The summed E-state index contributed by atoms with van der Waals surface area (Å²) in [6.45, 7) is 5.74. The van der Waals surface area contributed by atoms with E-state index in [2.05, 4.69) is 19.2 Å². The third-order valence-electron chi connectivity index (χ3n) is 3.26. The van der Waals surface area contributed by atoms with E-state index in [1.165, 1.54) is 0 Å². The molecule has 0 heterocycles. The molecule has 0 amide bonds. The minimum Gasteiger partial charge on any atom is -0.396 e. The average Bonchev–Trinajstić information content (AvgIpc) is 2.38. The van der Waals surface area contributed by atoms with Crippen LogP contribution in [-0.2, 0) is 11.3 Å². The number of anilines is 1. The maximum absolute atomic E-state index is 9.37. The highest BCUT2D eigenvalue weighted by Crippen LogP contribution is 2.23. The van der Waals surface area contributed by atoms with E-state index < -0.39 is 0 Å². The van der Waals surface area contributed by atoms with Crippen molar-refractivity contribution in [2.75, 3.05) is 25.6 Å². The van der Waals surface area contributed by atoms with E-state index in [0.717, 1.165) is 24.2 Å². The Morgan fingerprint density at radius 2 is 2.06 bits per heavy atom. The Morgan fingerprint density at radius 3 is 2.65 bits per heavy atom. The smallest absolute Gasteiger partial charge is 0.0733 e. The van der Waals surface area contributed by atoms with Crippen LogP contribution < -0.4 is 5.32 Å². The second-order valence-electron chi connectivity index (χ2n) is 4.77.